The number of aromatic nitrogens is 7. The maximum atomic E-state index is 4.89. The Morgan fingerprint density at radius 1 is 0.771 bits per heavy atom. The topological polar surface area (TPSA) is 85.2 Å². The number of benzene rings is 3. The summed E-state index contributed by atoms with van der Waals surface area (Å²) in [5.74, 6) is 2.59. The number of nitrogens with zero attached hydrogens (tertiary/aromatic N) is 6. The molecule has 35 heavy (non-hydrogen) atoms. The Hall–Kier alpha value is -4.13. The van der Waals surface area contributed by atoms with Gasteiger partial charge in [0.05, 0.1) is 6.54 Å². The number of rotatable bonds is 10. The van der Waals surface area contributed by atoms with Crippen molar-refractivity contribution in [2.75, 3.05) is 0 Å². The van der Waals surface area contributed by atoms with Gasteiger partial charge in [0.25, 0.3) is 0 Å². The summed E-state index contributed by atoms with van der Waals surface area (Å²) < 4.78 is 2.08. The van der Waals surface area contributed by atoms with Crippen molar-refractivity contribution < 1.29 is 0 Å². The quantitative estimate of drug-likeness (QED) is 0.304. The molecule has 0 radical (unpaired) electrons. The number of tetrazole rings is 1. The summed E-state index contributed by atoms with van der Waals surface area (Å²) in [6, 6.07) is 27.3. The molecule has 0 aliphatic rings. The monoisotopic (exact) mass is 463 g/mol. The third kappa shape index (κ3) is 5.51. The SMILES string of the molecule is CCCCc1nc(CCc2ccccc2)nn1Cc1ccc(-c2ccccc2-c2nn[nH]n2)cc1. The van der Waals surface area contributed by atoms with E-state index in [0.29, 0.717) is 12.4 Å². The molecular formula is C28H29N7. The first kappa shape index (κ1) is 22.7. The van der Waals surface area contributed by atoms with Crippen molar-refractivity contribution in [3.8, 4) is 22.5 Å². The average Bonchev–Trinajstić information content (AvgIpc) is 3.58. The fourth-order valence-electron chi connectivity index (χ4n) is 4.25. The highest BCUT2D eigenvalue weighted by Gasteiger charge is 2.13. The molecule has 5 rings (SSSR count). The molecule has 0 unspecified atom stereocenters. The van der Waals surface area contributed by atoms with Gasteiger partial charge in [0.1, 0.15) is 5.82 Å². The van der Waals surface area contributed by atoms with Crippen LogP contribution in [-0.2, 0) is 25.8 Å². The van der Waals surface area contributed by atoms with E-state index in [-0.39, 0.29) is 0 Å². The lowest BCUT2D eigenvalue weighted by molar-refractivity contribution is 0.613. The molecule has 0 amide bonds. The Kier molecular flexibility index (Phi) is 7.03. The fraction of sp³-hybridized carbons (Fsp3) is 0.250. The zero-order chi connectivity index (χ0) is 23.9. The normalized spacial score (nSPS) is 11.1. The molecule has 0 aliphatic heterocycles. The van der Waals surface area contributed by atoms with Crippen LogP contribution < -0.4 is 0 Å². The lowest BCUT2D eigenvalue weighted by Crippen LogP contribution is -2.07. The highest BCUT2D eigenvalue weighted by Crippen LogP contribution is 2.29. The van der Waals surface area contributed by atoms with Gasteiger partial charge in [-0.3, -0.25) is 0 Å². The van der Waals surface area contributed by atoms with Crippen molar-refractivity contribution in [1.29, 1.82) is 0 Å². The van der Waals surface area contributed by atoms with Crippen LogP contribution in [0, 0.1) is 0 Å². The Bertz CT molecular complexity index is 1340. The summed E-state index contributed by atoms with van der Waals surface area (Å²) in [6.45, 7) is 2.92. The average molecular weight is 464 g/mol. The van der Waals surface area contributed by atoms with Gasteiger partial charge in [-0.1, -0.05) is 92.2 Å². The molecule has 7 heteroatoms. The summed E-state index contributed by atoms with van der Waals surface area (Å²) in [4.78, 5) is 4.89. The zero-order valence-electron chi connectivity index (χ0n) is 19.9. The van der Waals surface area contributed by atoms with E-state index in [0.717, 1.165) is 60.4 Å². The molecule has 176 valence electrons. The van der Waals surface area contributed by atoms with Crippen LogP contribution in [0.1, 0.15) is 42.5 Å². The third-order valence-electron chi connectivity index (χ3n) is 6.14. The molecule has 1 N–H and O–H groups in total. The fourth-order valence-corrected chi connectivity index (χ4v) is 4.25. The summed E-state index contributed by atoms with van der Waals surface area (Å²) in [5, 5.41) is 19.4. The van der Waals surface area contributed by atoms with Gasteiger partial charge in [0, 0.05) is 18.4 Å². The first-order chi connectivity index (χ1) is 17.3. The number of hydrogen-bond acceptors (Lipinski definition) is 5. The number of nitrogens with one attached hydrogen (secondary N) is 1. The number of hydrogen-bond donors (Lipinski definition) is 1. The molecule has 0 aliphatic carbocycles. The third-order valence-corrected chi connectivity index (χ3v) is 6.14. The molecule has 2 heterocycles. The number of aromatic amines is 1. The van der Waals surface area contributed by atoms with Crippen molar-refractivity contribution >= 4 is 0 Å². The van der Waals surface area contributed by atoms with Gasteiger partial charge in [0.2, 0.25) is 5.82 Å². The smallest absolute Gasteiger partial charge is 0.205 e. The van der Waals surface area contributed by atoms with Crippen LogP contribution in [0.3, 0.4) is 0 Å². The minimum absolute atomic E-state index is 0.593. The first-order valence-corrected chi connectivity index (χ1v) is 12.2. The second kappa shape index (κ2) is 10.9. The molecule has 0 saturated carbocycles. The van der Waals surface area contributed by atoms with Crippen molar-refractivity contribution in [2.45, 2.75) is 45.6 Å². The summed E-state index contributed by atoms with van der Waals surface area (Å²) >= 11 is 0. The van der Waals surface area contributed by atoms with Crippen LogP contribution >= 0.6 is 0 Å². The standard InChI is InChI=1S/C28H29N7/c1-2-3-13-27-29-26(19-16-21-9-5-4-6-10-21)32-35(27)20-22-14-17-23(18-15-22)24-11-7-8-12-25(24)28-30-33-34-31-28/h4-12,14-15,17-18H,2-3,13,16,19-20H2,1H3,(H,30,31,33,34). The van der Waals surface area contributed by atoms with E-state index in [1.165, 1.54) is 11.1 Å². The summed E-state index contributed by atoms with van der Waals surface area (Å²) in [7, 11) is 0. The Morgan fingerprint density at radius 3 is 2.29 bits per heavy atom. The van der Waals surface area contributed by atoms with Crippen LogP contribution in [0.2, 0.25) is 0 Å². The highest BCUT2D eigenvalue weighted by atomic mass is 15.5. The van der Waals surface area contributed by atoms with Gasteiger partial charge in [-0.05, 0) is 40.3 Å². The van der Waals surface area contributed by atoms with Gasteiger partial charge in [-0.25, -0.2) is 9.67 Å². The van der Waals surface area contributed by atoms with Crippen LogP contribution in [-0.4, -0.2) is 35.4 Å². The van der Waals surface area contributed by atoms with Crippen molar-refractivity contribution in [1.82, 2.24) is 35.4 Å². The van der Waals surface area contributed by atoms with Gasteiger partial charge < -0.3 is 0 Å². The van der Waals surface area contributed by atoms with Crippen LogP contribution in [0.5, 0.6) is 0 Å². The Balaban J connectivity index is 1.34. The second-order valence-corrected chi connectivity index (χ2v) is 8.67. The summed E-state index contributed by atoms with van der Waals surface area (Å²) in [5.41, 5.74) is 5.66. The van der Waals surface area contributed by atoms with Crippen LogP contribution in [0.4, 0.5) is 0 Å². The number of unbranched alkanes of at least 4 members (excludes halogenated alkanes) is 1. The minimum atomic E-state index is 0.593. The number of H-pyrrole nitrogens is 1. The largest absolute Gasteiger partial charge is 0.245 e. The van der Waals surface area contributed by atoms with E-state index < -0.39 is 0 Å². The molecule has 2 aromatic heterocycles. The molecule has 5 aromatic rings. The molecule has 7 nitrogen and oxygen atoms in total. The predicted octanol–water partition coefficient (Wildman–Crippen LogP) is 5.30. The van der Waals surface area contributed by atoms with E-state index in [1.807, 2.05) is 18.2 Å². The van der Waals surface area contributed by atoms with E-state index in [4.69, 9.17) is 10.1 Å². The molecule has 0 spiro atoms. The molecule has 0 bridgehead atoms. The lowest BCUT2D eigenvalue weighted by atomic mass is 9.98. The van der Waals surface area contributed by atoms with Crippen molar-refractivity contribution in [3.05, 3.63) is 102 Å². The molecule has 0 atom stereocenters. The highest BCUT2D eigenvalue weighted by molar-refractivity contribution is 5.80. The maximum absolute atomic E-state index is 4.89. The molecule has 0 fully saturated rings. The van der Waals surface area contributed by atoms with Gasteiger partial charge in [-0.2, -0.15) is 10.3 Å². The van der Waals surface area contributed by atoms with Gasteiger partial charge in [0.15, 0.2) is 5.82 Å². The van der Waals surface area contributed by atoms with E-state index in [1.54, 1.807) is 0 Å². The van der Waals surface area contributed by atoms with Gasteiger partial charge >= 0.3 is 0 Å². The van der Waals surface area contributed by atoms with Crippen LogP contribution in [0.15, 0.2) is 78.9 Å². The molecular weight excluding hydrogens is 434 g/mol. The van der Waals surface area contributed by atoms with Gasteiger partial charge in [-0.15, -0.1) is 10.2 Å². The van der Waals surface area contributed by atoms with Crippen molar-refractivity contribution in [3.63, 3.8) is 0 Å². The second-order valence-electron chi connectivity index (χ2n) is 8.67. The lowest BCUT2D eigenvalue weighted by Gasteiger charge is -2.09. The minimum Gasteiger partial charge on any atom is -0.245 e. The van der Waals surface area contributed by atoms with E-state index in [9.17, 15) is 0 Å². The predicted molar refractivity (Wildman–Crippen MR) is 137 cm³/mol. The Morgan fingerprint density at radius 2 is 1.54 bits per heavy atom. The zero-order valence-corrected chi connectivity index (χ0v) is 19.9. The first-order valence-electron chi connectivity index (χ1n) is 12.2. The number of aryl methyl sites for hydroxylation is 3. The Labute approximate surface area is 205 Å². The van der Waals surface area contributed by atoms with E-state index in [2.05, 4.69) is 92.9 Å². The van der Waals surface area contributed by atoms with Crippen molar-refractivity contribution in [2.24, 2.45) is 0 Å². The van der Waals surface area contributed by atoms with Crippen LogP contribution in [0.25, 0.3) is 22.5 Å². The molecule has 3 aromatic carbocycles. The van der Waals surface area contributed by atoms with E-state index >= 15 is 0 Å². The maximum Gasteiger partial charge on any atom is 0.205 e. The molecule has 0 saturated heterocycles. The summed E-state index contributed by atoms with van der Waals surface area (Å²) in [6.07, 6.45) is 5.00.